The van der Waals surface area contributed by atoms with Gasteiger partial charge in [-0.05, 0) is 43.2 Å². The number of hydrogen-bond acceptors (Lipinski definition) is 3. The molecule has 9 heteroatoms. The SMILES string of the molecule is O=C(c1ccc(Cl)cc1)N(Cc1ccccc1F)N1C(=O)[C@@H]2C[C@@H](Br)[C@@H](Br)C[C@H]2C1=O. The highest BCUT2D eigenvalue weighted by molar-refractivity contribution is 9.12. The van der Waals surface area contributed by atoms with Gasteiger partial charge in [-0.2, -0.15) is 5.01 Å². The van der Waals surface area contributed by atoms with Crippen molar-refractivity contribution in [2.75, 3.05) is 0 Å². The quantitative estimate of drug-likeness (QED) is 0.385. The van der Waals surface area contributed by atoms with Crippen molar-refractivity contribution in [2.24, 2.45) is 11.8 Å². The molecule has 2 aliphatic rings. The second-order valence-corrected chi connectivity index (χ2v) is 10.5. The summed E-state index contributed by atoms with van der Waals surface area (Å²) < 4.78 is 14.4. The minimum Gasteiger partial charge on any atom is -0.272 e. The van der Waals surface area contributed by atoms with E-state index < -0.39 is 35.4 Å². The Labute approximate surface area is 200 Å². The summed E-state index contributed by atoms with van der Waals surface area (Å²) in [4.78, 5) is 40.0. The van der Waals surface area contributed by atoms with Crippen LogP contribution in [0.1, 0.15) is 28.8 Å². The lowest BCUT2D eigenvalue weighted by Crippen LogP contribution is -2.50. The van der Waals surface area contributed by atoms with Crippen molar-refractivity contribution in [1.82, 2.24) is 10.0 Å². The van der Waals surface area contributed by atoms with E-state index in [0.717, 1.165) is 10.0 Å². The Kier molecular flexibility index (Phi) is 6.51. The molecule has 1 aliphatic heterocycles. The van der Waals surface area contributed by atoms with Gasteiger partial charge in [0, 0.05) is 25.8 Å². The van der Waals surface area contributed by atoms with Gasteiger partial charge in [0.2, 0.25) is 0 Å². The topological polar surface area (TPSA) is 57.7 Å². The van der Waals surface area contributed by atoms with Crippen molar-refractivity contribution < 1.29 is 18.8 Å². The number of benzene rings is 2. The maximum Gasteiger partial charge on any atom is 0.273 e. The van der Waals surface area contributed by atoms with Crippen molar-refractivity contribution >= 4 is 61.2 Å². The maximum atomic E-state index is 14.4. The van der Waals surface area contributed by atoms with Crippen LogP contribution in [0.25, 0.3) is 0 Å². The number of imide groups is 1. The first-order valence-electron chi connectivity index (χ1n) is 9.74. The zero-order valence-corrected chi connectivity index (χ0v) is 20.1. The van der Waals surface area contributed by atoms with Gasteiger partial charge in [-0.25, -0.2) is 9.40 Å². The monoisotopic (exact) mass is 570 g/mol. The van der Waals surface area contributed by atoms with E-state index in [1.807, 2.05) is 0 Å². The summed E-state index contributed by atoms with van der Waals surface area (Å²) in [6.07, 6.45) is 0.953. The van der Waals surface area contributed by atoms with Crippen LogP contribution in [0.3, 0.4) is 0 Å². The zero-order chi connectivity index (χ0) is 22.3. The average molecular weight is 573 g/mol. The molecule has 0 unspecified atom stereocenters. The predicted octanol–water partition coefficient (Wildman–Crippen LogP) is 4.96. The van der Waals surface area contributed by atoms with Crippen LogP contribution < -0.4 is 0 Å². The Balaban J connectivity index is 1.72. The molecule has 2 aromatic rings. The Morgan fingerprint density at radius 3 is 2.10 bits per heavy atom. The van der Waals surface area contributed by atoms with E-state index in [-0.39, 0.29) is 27.3 Å². The van der Waals surface area contributed by atoms with Gasteiger partial charge in [0.05, 0.1) is 18.4 Å². The summed E-state index contributed by atoms with van der Waals surface area (Å²) in [5.74, 6) is -3.01. The van der Waals surface area contributed by atoms with Crippen molar-refractivity contribution in [3.8, 4) is 0 Å². The summed E-state index contributed by atoms with van der Waals surface area (Å²) in [7, 11) is 0. The summed E-state index contributed by atoms with van der Waals surface area (Å²) in [5.41, 5.74) is 0.449. The molecule has 0 spiro atoms. The molecule has 0 radical (unpaired) electrons. The van der Waals surface area contributed by atoms with Gasteiger partial charge < -0.3 is 0 Å². The molecule has 4 rings (SSSR count). The third kappa shape index (κ3) is 4.30. The minimum absolute atomic E-state index is 0.0393. The van der Waals surface area contributed by atoms with Crippen molar-refractivity contribution in [3.63, 3.8) is 0 Å². The van der Waals surface area contributed by atoms with Crippen LogP contribution in [0.5, 0.6) is 0 Å². The Morgan fingerprint density at radius 1 is 1.00 bits per heavy atom. The molecule has 0 bridgehead atoms. The highest BCUT2D eigenvalue weighted by atomic mass is 79.9. The van der Waals surface area contributed by atoms with Crippen molar-refractivity contribution in [1.29, 1.82) is 0 Å². The van der Waals surface area contributed by atoms with Crippen molar-refractivity contribution in [3.05, 3.63) is 70.5 Å². The van der Waals surface area contributed by atoms with Crippen LogP contribution in [0.4, 0.5) is 4.39 Å². The van der Waals surface area contributed by atoms with Crippen molar-refractivity contribution in [2.45, 2.75) is 29.0 Å². The van der Waals surface area contributed by atoms with Crippen LogP contribution in [0.2, 0.25) is 5.02 Å². The normalized spacial score (nSPS) is 25.5. The number of halogens is 4. The zero-order valence-electron chi connectivity index (χ0n) is 16.2. The molecule has 1 heterocycles. The minimum atomic E-state index is -0.578. The molecule has 31 heavy (non-hydrogen) atoms. The lowest BCUT2D eigenvalue weighted by Gasteiger charge is -2.30. The van der Waals surface area contributed by atoms with Gasteiger partial charge in [0.1, 0.15) is 5.82 Å². The van der Waals surface area contributed by atoms with E-state index in [2.05, 4.69) is 31.9 Å². The number of nitrogens with zero attached hydrogens (tertiary/aromatic N) is 2. The van der Waals surface area contributed by atoms with E-state index in [0.29, 0.717) is 17.9 Å². The molecular formula is C22H18Br2ClFN2O3. The van der Waals surface area contributed by atoms with Gasteiger partial charge in [0.15, 0.2) is 0 Å². The smallest absolute Gasteiger partial charge is 0.272 e. The summed E-state index contributed by atoms with van der Waals surface area (Å²) in [6.45, 7) is -0.249. The molecule has 4 atom stereocenters. The lowest BCUT2D eigenvalue weighted by atomic mass is 9.81. The second kappa shape index (κ2) is 9.00. The van der Waals surface area contributed by atoms with Gasteiger partial charge in [-0.15, -0.1) is 0 Å². The number of carbonyl (C=O) groups excluding carboxylic acids is 3. The van der Waals surface area contributed by atoms with Crippen LogP contribution in [-0.2, 0) is 16.1 Å². The molecule has 162 valence electrons. The molecule has 2 fully saturated rings. The lowest BCUT2D eigenvalue weighted by molar-refractivity contribution is -0.155. The standard InChI is InChI=1S/C22H18Br2ClFN2O3/c23-17-9-15-16(10-18(17)24)22(31)28(21(15)30)27(11-13-3-1-2-4-19(13)26)20(29)12-5-7-14(25)8-6-12/h1-8,15-18H,9-11H2/t15-,16-,17-,18+/m1/s1. The van der Waals surface area contributed by atoms with E-state index in [1.54, 1.807) is 18.2 Å². The first-order valence-corrected chi connectivity index (χ1v) is 12.0. The second-order valence-electron chi connectivity index (χ2n) is 7.67. The fourth-order valence-corrected chi connectivity index (χ4v) is 5.44. The summed E-state index contributed by atoms with van der Waals surface area (Å²) >= 11 is 13.0. The molecular weight excluding hydrogens is 555 g/mol. The molecule has 1 saturated carbocycles. The Hall–Kier alpha value is -1.77. The van der Waals surface area contributed by atoms with E-state index in [1.165, 1.54) is 30.3 Å². The maximum absolute atomic E-state index is 14.4. The number of rotatable bonds is 4. The van der Waals surface area contributed by atoms with Gasteiger partial charge in [-0.1, -0.05) is 61.7 Å². The number of alkyl halides is 2. The van der Waals surface area contributed by atoms with Gasteiger partial charge >= 0.3 is 0 Å². The number of amides is 3. The fourth-order valence-electron chi connectivity index (χ4n) is 4.08. The Morgan fingerprint density at radius 2 is 1.55 bits per heavy atom. The Bertz CT molecular complexity index is 1010. The van der Waals surface area contributed by atoms with Crippen LogP contribution >= 0.6 is 43.5 Å². The number of hydrazine groups is 1. The molecule has 0 aromatic heterocycles. The highest BCUT2D eigenvalue weighted by Gasteiger charge is 2.54. The molecule has 5 nitrogen and oxygen atoms in total. The summed E-state index contributed by atoms with van der Waals surface area (Å²) in [5, 5.41) is 2.42. The third-order valence-electron chi connectivity index (χ3n) is 5.73. The average Bonchev–Trinajstić information content (AvgIpc) is 2.98. The molecule has 0 N–H and O–H groups in total. The van der Waals surface area contributed by atoms with Crippen LogP contribution in [0, 0.1) is 17.7 Å². The molecule has 1 aliphatic carbocycles. The molecule has 3 amide bonds. The largest absolute Gasteiger partial charge is 0.273 e. The predicted molar refractivity (Wildman–Crippen MR) is 121 cm³/mol. The number of fused-ring (bicyclic) bond motifs is 1. The van der Waals surface area contributed by atoms with Gasteiger partial charge in [-0.3, -0.25) is 14.4 Å². The molecule has 2 aromatic carbocycles. The van der Waals surface area contributed by atoms with Crippen LogP contribution in [0.15, 0.2) is 48.5 Å². The molecule has 1 saturated heterocycles. The number of hydrogen-bond donors (Lipinski definition) is 0. The van der Waals surface area contributed by atoms with E-state index >= 15 is 0 Å². The summed E-state index contributed by atoms with van der Waals surface area (Å²) in [6, 6.07) is 12.1. The first-order chi connectivity index (χ1) is 14.8. The highest BCUT2D eigenvalue weighted by Crippen LogP contribution is 2.44. The van der Waals surface area contributed by atoms with Crippen LogP contribution in [-0.4, -0.2) is 37.4 Å². The van der Waals surface area contributed by atoms with E-state index in [9.17, 15) is 18.8 Å². The van der Waals surface area contributed by atoms with Gasteiger partial charge in [0.25, 0.3) is 17.7 Å². The first kappa shape index (κ1) is 22.4. The number of carbonyl (C=O) groups is 3. The fraction of sp³-hybridized carbons (Fsp3) is 0.318. The third-order valence-corrected chi connectivity index (χ3v) is 8.72. The van der Waals surface area contributed by atoms with E-state index in [4.69, 9.17) is 11.6 Å².